The third-order valence-corrected chi connectivity index (χ3v) is 4.89. The van der Waals surface area contributed by atoms with Crippen molar-refractivity contribution in [2.45, 2.75) is 32.6 Å². The van der Waals surface area contributed by atoms with Gasteiger partial charge in [-0.15, -0.1) is 0 Å². The quantitative estimate of drug-likeness (QED) is 0.624. The van der Waals surface area contributed by atoms with Crippen LogP contribution in [0.2, 0.25) is 0 Å². The fraction of sp³-hybridized carbons (Fsp3) is 0.588. The lowest BCUT2D eigenvalue weighted by Crippen LogP contribution is -2.19. The van der Waals surface area contributed by atoms with Crippen LogP contribution >= 0.6 is 0 Å². The van der Waals surface area contributed by atoms with Crippen LogP contribution in [-0.2, 0) is 0 Å². The second-order valence-corrected chi connectivity index (χ2v) is 6.25. The van der Waals surface area contributed by atoms with Gasteiger partial charge in [-0.2, -0.15) is 0 Å². The Kier molecular flexibility index (Phi) is 4.04. The molecule has 0 heterocycles. The molecule has 2 saturated carbocycles. The molecule has 0 amide bonds. The van der Waals surface area contributed by atoms with Gasteiger partial charge in [0.15, 0.2) is 11.5 Å². The number of amidine groups is 1. The molecular formula is C17H24N2O2. The van der Waals surface area contributed by atoms with Crippen molar-refractivity contribution in [1.29, 1.82) is 5.41 Å². The molecule has 0 saturated heterocycles. The predicted octanol–water partition coefficient (Wildman–Crippen LogP) is 3.18. The number of nitrogens with one attached hydrogen (secondary N) is 1. The van der Waals surface area contributed by atoms with E-state index < -0.39 is 0 Å². The Bertz CT molecular complexity index is 530. The topological polar surface area (TPSA) is 68.3 Å². The van der Waals surface area contributed by atoms with E-state index in [9.17, 15) is 0 Å². The van der Waals surface area contributed by atoms with Crippen molar-refractivity contribution in [2.75, 3.05) is 13.2 Å². The van der Waals surface area contributed by atoms with Gasteiger partial charge in [0.2, 0.25) is 0 Å². The minimum absolute atomic E-state index is 0.0515. The van der Waals surface area contributed by atoms with E-state index in [1.807, 2.05) is 19.1 Å². The van der Waals surface area contributed by atoms with E-state index in [-0.39, 0.29) is 5.84 Å². The van der Waals surface area contributed by atoms with Crippen LogP contribution in [0.25, 0.3) is 0 Å². The molecule has 3 N–H and O–H groups in total. The summed E-state index contributed by atoms with van der Waals surface area (Å²) in [5.41, 5.74) is 6.20. The number of ether oxygens (including phenoxy) is 2. The first-order valence-electron chi connectivity index (χ1n) is 7.91. The number of nitrogen functional groups attached to an aromatic ring is 1. The monoisotopic (exact) mass is 288 g/mol. The maximum Gasteiger partial charge on any atom is 0.161 e. The van der Waals surface area contributed by atoms with Crippen LogP contribution in [0.15, 0.2) is 18.2 Å². The van der Waals surface area contributed by atoms with Crippen LogP contribution in [0.3, 0.4) is 0 Å². The maximum absolute atomic E-state index is 7.51. The Balaban J connectivity index is 1.67. The summed E-state index contributed by atoms with van der Waals surface area (Å²) in [6.07, 6.45) is 5.51. The van der Waals surface area contributed by atoms with E-state index in [1.165, 1.54) is 25.7 Å². The number of hydrogen-bond donors (Lipinski definition) is 2. The van der Waals surface area contributed by atoms with Crippen LogP contribution in [0, 0.1) is 23.2 Å². The maximum atomic E-state index is 7.51. The zero-order valence-electron chi connectivity index (χ0n) is 12.6. The summed E-state index contributed by atoms with van der Waals surface area (Å²) in [6.45, 7) is 3.30. The average molecular weight is 288 g/mol. The molecule has 0 aromatic heterocycles. The molecule has 114 valence electrons. The molecule has 0 radical (unpaired) electrons. The van der Waals surface area contributed by atoms with Gasteiger partial charge < -0.3 is 15.2 Å². The van der Waals surface area contributed by atoms with Crippen molar-refractivity contribution in [3.05, 3.63) is 23.8 Å². The summed E-state index contributed by atoms with van der Waals surface area (Å²) in [5, 5.41) is 7.51. The highest BCUT2D eigenvalue weighted by atomic mass is 16.5. The van der Waals surface area contributed by atoms with E-state index in [1.54, 1.807) is 6.07 Å². The van der Waals surface area contributed by atoms with Gasteiger partial charge in [-0.05, 0) is 62.1 Å². The van der Waals surface area contributed by atoms with Gasteiger partial charge in [-0.25, -0.2) is 0 Å². The average Bonchev–Trinajstić information content (AvgIpc) is 3.08. The molecular weight excluding hydrogens is 264 g/mol. The van der Waals surface area contributed by atoms with Gasteiger partial charge in [-0.3, -0.25) is 5.41 Å². The molecule has 3 rings (SSSR count). The smallest absolute Gasteiger partial charge is 0.161 e. The van der Waals surface area contributed by atoms with Crippen molar-refractivity contribution in [2.24, 2.45) is 23.5 Å². The van der Waals surface area contributed by atoms with Crippen molar-refractivity contribution < 1.29 is 9.47 Å². The van der Waals surface area contributed by atoms with Crippen molar-refractivity contribution in [3.63, 3.8) is 0 Å². The van der Waals surface area contributed by atoms with Crippen LogP contribution in [0.5, 0.6) is 11.5 Å². The first-order chi connectivity index (χ1) is 10.2. The first-order valence-corrected chi connectivity index (χ1v) is 7.91. The lowest BCUT2D eigenvalue weighted by molar-refractivity contribution is 0.187. The minimum Gasteiger partial charge on any atom is -0.490 e. The Hall–Kier alpha value is -1.71. The van der Waals surface area contributed by atoms with Gasteiger partial charge in [-0.1, -0.05) is 6.42 Å². The number of nitrogens with two attached hydrogens (primary N) is 1. The molecule has 2 aliphatic carbocycles. The molecule has 21 heavy (non-hydrogen) atoms. The highest BCUT2D eigenvalue weighted by molar-refractivity contribution is 5.95. The Morgan fingerprint density at radius 3 is 2.71 bits per heavy atom. The number of rotatable bonds is 6. The number of fused-ring (bicyclic) bond motifs is 2. The Morgan fingerprint density at radius 1 is 1.24 bits per heavy atom. The molecule has 0 spiro atoms. The lowest BCUT2D eigenvalue weighted by Gasteiger charge is -2.22. The molecule has 1 aromatic carbocycles. The van der Waals surface area contributed by atoms with E-state index in [0.717, 1.165) is 24.2 Å². The molecule has 0 aliphatic heterocycles. The standard InChI is InChI=1S/C17H24N2O2/c1-2-20-16-9-13(17(18)19)5-6-15(16)21-10-14-8-11-3-4-12(14)7-11/h5-6,9,11-12,14H,2-4,7-8,10H2,1H3,(H3,18,19). The second-order valence-electron chi connectivity index (χ2n) is 6.25. The van der Waals surface area contributed by atoms with Crippen LogP contribution in [-0.4, -0.2) is 19.0 Å². The van der Waals surface area contributed by atoms with Crippen molar-refractivity contribution >= 4 is 5.84 Å². The summed E-state index contributed by atoms with van der Waals surface area (Å²) in [7, 11) is 0. The minimum atomic E-state index is 0.0515. The second kappa shape index (κ2) is 5.96. The molecule has 4 nitrogen and oxygen atoms in total. The first kappa shape index (κ1) is 14.2. The summed E-state index contributed by atoms with van der Waals surface area (Å²) in [4.78, 5) is 0. The molecule has 3 atom stereocenters. The summed E-state index contributed by atoms with van der Waals surface area (Å²) < 4.78 is 11.7. The van der Waals surface area contributed by atoms with Gasteiger partial charge >= 0.3 is 0 Å². The normalized spacial score (nSPS) is 26.8. The highest BCUT2D eigenvalue weighted by Crippen LogP contribution is 2.48. The number of hydrogen-bond acceptors (Lipinski definition) is 3. The molecule has 2 bridgehead atoms. The van der Waals surface area contributed by atoms with E-state index in [4.69, 9.17) is 20.6 Å². The zero-order chi connectivity index (χ0) is 14.8. The van der Waals surface area contributed by atoms with Crippen molar-refractivity contribution in [3.8, 4) is 11.5 Å². The fourth-order valence-corrected chi connectivity index (χ4v) is 3.84. The summed E-state index contributed by atoms with van der Waals surface area (Å²) in [6, 6.07) is 5.48. The van der Waals surface area contributed by atoms with Crippen molar-refractivity contribution in [1.82, 2.24) is 0 Å². The Morgan fingerprint density at radius 2 is 2.10 bits per heavy atom. The third-order valence-electron chi connectivity index (χ3n) is 4.89. The predicted molar refractivity (Wildman–Crippen MR) is 83.1 cm³/mol. The lowest BCUT2D eigenvalue weighted by atomic mass is 9.89. The molecule has 4 heteroatoms. The van der Waals surface area contributed by atoms with Crippen LogP contribution in [0.1, 0.15) is 38.2 Å². The molecule has 1 aromatic rings. The van der Waals surface area contributed by atoms with Crippen LogP contribution in [0.4, 0.5) is 0 Å². The molecule has 2 fully saturated rings. The summed E-state index contributed by atoms with van der Waals surface area (Å²) >= 11 is 0. The van der Waals surface area contributed by atoms with Crippen LogP contribution < -0.4 is 15.2 Å². The molecule has 3 unspecified atom stereocenters. The van der Waals surface area contributed by atoms with Gasteiger partial charge in [0.25, 0.3) is 0 Å². The largest absolute Gasteiger partial charge is 0.490 e. The van der Waals surface area contributed by atoms with E-state index in [2.05, 4.69) is 0 Å². The third kappa shape index (κ3) is 2.99. The van der Waals surface area contributed by atoms with E-state index in [0.29, 0.717) is 23.8 Å². The van der Waals surface area contributed by atoms with Gasteiger partial charge in [0, 0.05) is 5.56 Å². The fourth-order valence-electron chi connectivity index (χ4n) is 3.84. The highest BCUT2D eigenvalue weighted by Gasteiger charge is 2.39. The zero-order valence-corrected chi connectivity index (χ0v) is 12.6. The van der Waals surface area contributed by atoms with Gasteiger partial charge in [0.05, 0.1) is 13.2 Å². The molecule has 2 aliphatic rings. The number of benzene rings is 1. The van der Waals surface area contributed by atoms with E-state index >= 15 is 0 Å². The summed E-state index contributed by atoms with van der Waals surface area (Å²) in [5.74, 6) is 4.01. The van der Waals surface area contributed by atoms with Gasteiger partial charge in [0.1, 0.15) is 5.84 Å². The Labute approximate surface area is 126 Å². The SMILES string of the molecule is CCOc1cc(C(=N)N)ccc1OCC1CC2CCC1C2.